The molecule has 1 N–H and O–H groups in total. The molecular weight excluding hydrogens is 374 g/mol. The minimum Gasteiger partial charge on any atom is -0.495 e. The van der Waals surface area contributed by atoms with Crippen molar-refractivity contribution >= 4 is 23.2 Å². The molecule has 2 aromatic carbocycles. The van der Waals surface area contributed by atoms with E-state index in [-0.39, 0.29) is 12.5 Å². The minimum absolute atomic E-state index is 0.188. The third-order valence-corrected chi connectivity index (χ3v) is 3.87. The second-order valence-electron chi connectivity index (χ2n) is 5.29. The van der Waals surface area contributed by atoms with Crippen LogP contribution in [-0.2, 0) is 4.79 Å². The molecule has 1 amide bonds. The lowest BCUT2D eigenvalue weighted by molar-refractivity contribution is -0.118. The summed E-state index contributed by atoms with van der Waals surface area (Å²) in [5, 5.41) is 10.5. The third kappa shape index (κ3) is 4.48. The highest BCUT2D eigenvalue weighted by atomic mass is 35.5. The Morgan fingerprint density at radius 2 is 1.89 bits per heavy atom. The van der Waals surface area contributed by atoms with Gasteiger partial charge in [-0.2, -0.15) is 0 Å². The highest BCUT2D eigenvalue weighted by Gasteiger charge is 2.13. The molecule has 0 aliphatic carbocycles. The molecule has 0 saturated carbocycles. The van der Waals surface area contributed by atoms with E-state index in [1.165, 1.54) is 20.6 Å². The molecule has 0 bridgehead atoms. The third-order valence-electron chi connectivity index (χ3n) is 3.58. The Hall–Kier alpha value is -3.26. The van der Waals surface area contributed by atoms with Crippen LogP contribution in [-0.4, -0.2) is 36.9 Å². The number of halogens is 1. The zero-order valence-electron chi connectivity index (χ0n) is 14.6. The highest BCUT2D eigenvalue weighted by Crippen LogP contribution is 2.35. The van der Waals surface area contributed by atoms with Crippen molar-refractivity contribution in [2.75, 3.05) is 26.1 Å². The summed E-state index contributed by atoms with van der Waals surface area (Å²) in [6.07, 6.45) is 1.25. The summed E-state index contributed by atoms with van der Waals surface area (Å²) in [5.41, 5.74) is 1.17. The van der Waals surface area contributed by atoms with E-state index in [1.807, 2.05) is 0 Å². The molecule has 0 unspecified atom stereocenters. The molecule has 140 valence electrons. The largest absolute Gasteiger partial charge is 0.495 e. The molecule has 8 nitrogen and oxygen atoms in total. The lowest BCUT2D eigenvalue weighted by Crippen LogP contribution is -2.20. The average Bonchev–Trinajstić information content (AvgIpc) is 3.22. The van der Waals surface area contributed by atoms with Gasteiger partial charge in [-0.25, -0.2) is 0 Å². The number of amides is 1. The smallest absolute Gasteiger partial charge is 0.262 e. The van der Waals surface area contributed by atoms with Crippen LogP contribution in [0.15, 0.2) is 47.2 Å². The van der Waals surface area contributed by atoms with Gasteiger partial charge in [0.1, 0.15) is 17.2 Å². The molecule has 0 saturated heterocycles. The lowest BCUT2D eigenvalue weighted by Gasteiger charge is -2.13. The van der Waals surface area contributed by atoms with Gasteiger partial charge in [-0.3, -0.25) is 4.79 Å². The summed E-state index contributed by atoms with van der Waals surface area (Å²) >= 11 is 6.09. The van der Waals surface area contributed by atoms with E-state index in [0.29, 0.717) is 33.8 Å². The summed E-state index contributed by atoms with van der Waals surface area (Å²) < 4.78 is 21.0. The number of carbonyl (C=O) groups excluding carboxylic acids is 1. The van der Waals surface area contributed by atoms with Crippen LogP contribution < -0.4 is 19.5 Å². The number of ether oxygens (including phenoxy) is 3. The number of methoxy groups -OCH3 is 2. The normalized spacial score (nSPS) is 10.3. The Morgan fingerprint density at radius 3 is 2.52 bits per heavy atom. The number of nitrogens with zero attached hydrogens (tertiary/aromatic N) is 2. The zero-order chi connectivity index (χ0) is 19.2. The summed E-state index contributed by atoms with van der Waals surface area (Å²) in [7, 11) is 2.98. The first-order chi connectivity index (χ1) is 13.1. The van der Waals surface area contributed by atoms with E-state index in [2.05, 4.69) is 15.5 Å². The number of hydrogen-bond donors (Lipinski definition) is 1. The Balaban J connectivity index is 1.61. The molecule has 0 aliphatic heterocycles. The first-order valence-electron chi connectivity index (χ1n) is 7.81. The fourth-order valence-electron chi connectivity index (χ4n) is 2.29. The molecule has 3 rings (SSSR count). The number of carbonyl (C=O) groups is 1. The van der Waals surface area contributed by atoms with Gasteiger partial charge in [-0.1, -0.05) is 11.6 Å². The van der Waals surface area contributed by atoms with E-state index in [9.17, 15) is 4.79 Å². The molecule has 27 heavy (non-hydrogen) atoms. The van der Waals surface area contributed by atoms with E-state index in [0.717, 1.165) is 5.56 Å². The average molecular weight is 390 g/mol. The van der Waals surface area contributed by atoms with Crippen LogP contribution >= 0.6 is 11.6 Å². The van der Waals surface area contributed by atoms with Crippen LogP contribution in [0.4, 0.5) is 5.69 Å². The predicted octanol–water partition coefficient (Wildman–Crippen LogP) is 3.42. The van der Waals surface area contributed by atoms with Crippen molar-refractivity contribution in [1.82, 2.24) is 10.2 Å². The molecule has 1 aromatic heterocycles. The quantitative estimate of drug-likeness (QED) is 0.661. The van der Waals surface area contributed by atoms with Gasteiger partial charge in [0.2, 0.25) is 12.3 Å². The number of rotatable bonds is 7. The summed E-state index contributed by atoms with van der Waals surface area (Å²) in [5.74, 6) is 1.43. The van der Waals surface area contributed by atoms with Crippen molar-refractivity contribution in [2.24, 2.45) is 0 Å². The number of aromatic nitrogens is 2. The Kier molecular flexibility index (Phi) is 5.77. The van der Waals surface area contributed by atoms with Gasteiger partial charge < -0.3 is 23.9 Å². The van der Waals surface area contributed by atoms with Gasteiger partial charge in [0.25, 0.3) is 5.91 Å². The van der Waals surface area contributed by atoms with Crippen LogP contribution in [0.5, 0.6) is 17.2 Å². The van der Waals surface area contributed by atoms with Crippen molar-refractivity contribution in [3.63, 3.8) is 0 Å². The van der Waals surface area contributed by atoms with Gasteiger partial charge in [0, 0.05) is 11.6 Å². The predicted molar refractivity (Wildman–Crippen MR) is 98.4 cm³/mol. The fourth-order valence-corrected chi connectivity index (χ4v) is 2.53. The highest BCUT2D eigenvalue weighted by molar-refractivity contribution is 6.32. The van der Waals surface area contributed by atoms with E-state index in [1.54, 1.807) is 36.4 Å². The maximum Gasteiger partial charge on any atom is 0.262 e. The van der Waals surface area contributed by atoms with Crippen molar-refractivity contribution in [2.45, 2.75) is 0 Å². The second kappa shape index (κ2) is 8.41. The molecular formula is C18H16ClN3O5. The van der Waals surface area contributed by atoms with Crippen molar-refractivity contribution in [3.8, 4) is 28.7 Å². The Morgan fingerprint density at radius 1 is 1.15 bits per heavy atom. The first-order valence-corrected chi connectivity index (χ1v) is 8.19. The maximum absolute atomic E-state index is 12.2. The standard InChI is InChI=1S/C18H16ClN3O5/c1-24-15-8-16(25-2)14(7-13(15)19)21-17(23)9-26-12-5-3-11(4-6-12)18-22-20-10-27-18/h3-8,10H,9H2,1-2H3,(H,21,23). The molecule has 0 fully saturated rings. The van der Waals surface area contributed by atoms with Gasteiger partial charge in [0.05, 0.1) is 24.9 Å². The number of nitrogens with one attached hydrogen (secondary N) is 1. The Labute approximate surface area is 160 Å². The molecule has 0 spiro atoms. The minimum atomic E-state index is -0.365. The molecule has 0 atom stereocenters. The maximum atomic E-state index is 12.2. The summed E-state index contributed by atoms with van der Waals surface area (Å²) in [6, 6.07) is 10.1. The van der Waals surface area contributed by atoms with Crippen molar-refractivity contribution in [1.29, 1.82) is 0 Å². The first kappa shape index (κ1) is 18.5. The molecule has 0 aliphatic rings. The summed E-state index contributed by atoms with van der Waals surface area (Å²) in [4.78, 5) is 12.2. The SMILES string of the molecule is COc1cc(OC)c(NC(=O)COc2ccc(-c3nnco3)cc2)cc1Cl. The zero-order valence-corrected chi connectivity index (χ0v) is 15.3. The van der Waals surface area contributed by atoms with Crippen LogP contribution in [0.2, 0.25) is 5.02 Å². The fraction of sp³-hybridized carbons (Fsp3) is 0.167. The van der Waals surface area contributed by atoms with Crippen LogP contribution in [0.3, 0.4) is 0 Å². The van der Waals surface area contributed by atoms with Crippen molar-refractivity contribution < 1.29 is 23.4 Å². The lowest BCUT2D eigenvalue weighted by atomic mass is 10.2. The molecule has 3 aromatic rings. The summed E-state index contributed by atoms with van der Waals surface area (Å²) in [6.45, 7) is -0.188. The van der Waals surface area contributed by atoms with Crippen LogP contribution in [0.1, 0.15) is 0 Å². The van der Waals surface area contributed by atoms with E-state index in [4.69, 9.17) is 30.2 Å². The molecule has 9 heteroatoms. The molecule has 0 radical (unpaired) electrons. The number of hydrogen-bond acceptors (Lipinski definition) is 7. The van der Waals surface area contributed by atoms with Gasteiger partial charge in [-0.15, -0.1) is 10.2 Å². The topological polar surface area (TPSA) is 95.7 Å². The monoisotopic (exact) mass is 389 g/mol. The van der Waals surface area contributed by atoms with Crippen LogP contribution in [0, 0.1) is 0 Å². The second-order valence-corrected chi connectivity index (χ2v) is 5.70. The van der Waals surface area contributed by atoms with Gasteiger partial charge in [-0.05, 0) is 30.3 Å². The van der Waals surface area contributed by atoms with Gasteiger partial charge in [0.15, 0.2) is 6.61 Å². The van der Waals surface area contributed by atoms with Crippen LogP contribution in [0.25, 0.3) is 11.5 Å². The van der Waals surface area contributed by atoms with E-state index < -0.39 is 0 Å². The van der Waals surface area contributed by atoms with Crippen molar-refractivity contribution in [3.05, 3.63) is 47.8 Å². The van der Waals surface area contributed by atoms with Gasteiger partial charge >= 0.3 is 0 Å². The van der Waals surface area contributed by atoms with E-state index >= 15 is 0 Å². The number of benzene rings is 2. The number of anilines is 1. The molecule has 1 heterocycles. The Bertz CT molecular complexity index is 914.